The summed E-state index contributed by atoms with van der Waals surface area (Å²) in [6, 6.07) is 7.95. The van der Waals surface area contributed by atoms with Crippen LogP contribution in [0.15, 0.2) is 35.1 Å². The van der Waals surface area contributed by atoms with Gasteiger partial charge in [-0.3, -0.25) is 0 Å². The summed E-state index contributed by atoms with van der Waals surface area (Å²) < 4.78 is 8.09. The number of aliphatic hydroxyl groups excluding tert-OH is 1. The van der Waals surface area contributed by atoms with Crippen LogP contribution in [0.3, 0.4) is 0 Å². The molecule has 0 spiro atoms. The molecule has 0 saturated carbocycles. The second kappa shape index (κ2) is 4.70. The number of ether oxygens (including phenoxy) is 1. The van der Waals surface area contributed by atoms with Crippen LogP contribution in [0.5, 0.6) is 0 Å². The summed E-state index contributed by atoms with van der Waals surface area (Å²) in [6.07, 6.45) is 0.857. The molecule has 1 unspecified atom stereocenters. The fraction of sp³-hybridized carbons (Fsp3) is 0.385. The van der Waals surface area contributed by atoms with E-state index in [1.165, 1.54) is 0 Å². The topological polar surface area (TPSA) is 60.2 Å². The maximum Gasteiger partial charge on any atom is 0.162 e. The first kappa shape index (κ1) is 12.8. The molecule has 1 atom stereocenters. The Kier molecular flexibility index (Phi) is 3.16. The fourth-order valence-electron chi connectivity index (χ4n) is 2.39. The van der Waals surface area contributed by atoms with Crippen LogP contribution in [0.2, 0.25) is 0 Å². The standard InChI is InChI=1S/C13H14BrN3O2/c1-17-8-15-16-12(17)11(18)13(6-19-7-13)9-3-2-4-10(14)5-9/h2-5,8,11,18H,6-7H2,1H3. The van der Waals surface area contributed by atoms with Crippen molar-refractivity contribution in [1.82, 2.24) is 14.8 Å². The van der Waals surface area contributed by atoms with Gasteiger partial charge in [0, 0.05) is 11.5 Å². The number of rotatable bonds is 3. The first-order chi connectivity index (χ1) is 9.13. The SMILES string of the molecule is Cn1cnnc1C(O)C1(c2cccc(Br)c2)COC1. The van der Waals surface area contributed by atoms with Crippen LogP contribution in [0.4, 0.5) is 0 Å². The van der Waals surface area contributed by atoms with Gasteiger partial charge in [0.1, 0.15) is 12.4 Å². The lowest BCUT2D eigenvalue weighted by Gasteiger charge is -2.44. The molecule has 0 aliphatic carbocycles. The molecule has 0 bridgehead atoms. The van der Waals surface area contributed by atoms with Gasteiger partial charge in [-0.15, -0.1) is 10.2 Å². The summed E-state index contributed by atoms with van der Waals surface area (Å²) >= 11 is 3.46. The van der Waals surface area contributed by atoms with Gasteiger partial charge >= 0.3 is 0 Å². The Balaban J connectivity index is 2.02. The number of halogens is 1. The van der Waals surface area contributed by atoms with E-state index in [9.17, 15) is 5.11 Å². The molecule has 19 heavy (non-hydrogen) atoms. The average Bonchev–Trinajstić information content (AvgIpc) is 2.74. The van der Waals surface area contributed by atoms with Gasteiger partial charge in [0.05, 0.1) is 18.6 Å². The van der Waals surface area contributed by atoms with E-state index in [2.05, 4.69) is 26.1 Å². The first-order valence-corrected chi connectivity index (χ1v) is 6.78. The molecule has 5 nitrogen and oxygen atoms in total. The maximum atomic E-state index is 10.7. The number of hydrogen-bond acceptors (Lipinski definition) is 4. The molecular formula is C13H14BrN3O2. The lowest BCUT2D eigenvalue weighted by molar-refractivity contribution is -0.124. The largest absolute Gasteiger partial charge is 0.384 e. The minimum absolute atomic E-state index is 0.440. The van der Waals surface area contributed by atoms with Crippen LogP contribution < -0.4 is 0 Å². The number of benzene rings is 1. The van der Waals surface area contributed by atoms with Crippen molar-refractivity contribution in [2.45, 2.75) is 11.5 Å². The van der Waals surface area contributed by atoms with Crippen molar-refractivity contribution in [3.05, 3.63) is 46.5 Å². The molecule has 1 saturated heterocycles. The van der Waals surface area contributed by atoms with E-state index in [0.29, 0.717) is 19.0 Å². The van der Waals surface area contributed by atoms with Crippen molar-refractivity contribution in [1.29, 1.82) is 0 Å². The molecule has 0 amide bonds. The number of nitrogens with zero attached hydrogens (tertiary/aromatic N) is 3. The van der Waals surface area contributed by atoms with Gasteiger partial charge in [0.15, 0.2) is 5.82 Å². The molecule has 6 heteroatoms. The number of hydrogen-bond donors (Lipinski definition) is 1. The highest BCUT2D eigenvalue weighted by Gasteiger charge is 2.49. The van der Waals surface area contributed by atoms with Gasteiger partial charge in [-0.05, 0) is 17.7 Å². The molecule has 1 aliphatic rings. The number of aromatic nitrogens is 3. The highest BCUT2D eigenvalue weighted by Crippen LogP contribution is 2.43. The van der Waals surface area contributed by atoms with Crippen molar-refractivity contribution in [2.24, 2.45) is 7.05 Å². The monoisotopic (exact) mass is 323 g/mol. The van der Waals surface area contributed by atoms with E-state index < -0.39 is 11.5 Å². The highest BCUT2D eigenvalue weighted by molar-refractivity contribution is 9.10. The molecule has 2 heterocycles. The van der Waals surface area contributed by atoms with E-state index in [4.69, 9.17) is 4.74 Å². The molecule has 1 N–H and O–H groups in total. The molecule has 100 valence electrons. The third kappa shape index (κ3) is 2.00. The smallest absolute Gasteiger partial charge is 0.162 e. The maximum absolute atomic E-state index is 10.7. The van der Waals surface area contributed by atoms with E-state index >= 15 is 0 Å². The molecule has 0 radical (unpaired) electrons. The zero-order valence-corrected chi connectivity index (χ0v) is 12.0. The molecular weight excluding hydrogens is 310 g/mol. The lowest BCUT2D eigenvalue weighted by atomic mass is 9.73. The van der Waals surface area contributed by atoms with Gasteiger partial charge in [-0.25, -0.2) is 0 Å². The molecule has 1 aromatic carbocycles. The number of aliphatic hydroxyl groups is 1. The lowest BCUT2D eigenvalue weighted by Crippen LogP contribution is -2.51. The summed E-state index contributed by atoms with van der Waals surface area (Å²) in [5.41, 5.74) is 0.605. The van der Waals surface area contributed by atoms with Crippen LogP contribution in [0, 0.1) is 0 Å². The minimum atomic E-state index is -0.733. The molecule has 1 fully saturated rings. The Hall–Kier alpha value is -1.24. The first-order valence-electron chi connectivity index (χ1n) is 5.99. The van der Waals surface area contributed by atoms with Crippen molar-refractivity contribution < 1.29 is 9.84 Å². The molecule has 3 rings (SSSR count). The van der Waals surface area contributed by atoms with E-state index in [1.54, 1.807) is 10.9 Å². The quantitative estimate of drug-likeness (QED) is 0.931. The summed E-state index contributed by atoms with van der Waals surface area (Å²) in [5, 5.41) is 18.5. The summed E-state index contributed by atoms with van der Waals surface area (Å²) in [5.74, 6) is 0.559. The summed E-state index contributed by atoms with van der Waals surface area (Å²) in [6.45, 7) is 0.967. The van der Waals surface area contributed by atoms with Crippen molar-refractivity contribution in [3.63, 3.8) is 0 Å². The van der Waals surface area contributed by atoms with E-state index in [-0.39, 0.29) is 0 Å². The second-order valence-corrected chi connectivity index (χ2v) is 5.78. The minimum Gasteiger partial charge on any atom is -0.384 e. The Bertz CT molecular complexity index is 595. The summed E-state index contributed by atoms with van der Waals surface area (Å²) in [7, 11) is 1.83. The van der Waals surface area contributed by atoms with Crippen LogP contribution in [-0.4, -0.2) is 33.1 Å². The normalized spacial score (nSPS) is 18.9. The predicted octanol–water partition coefficient (Wildman–Crippen LogP) is 1.58. The Labute approximate surface area is 119 Å². The third-order valence-corrected chi connectivity index (χ3v) is 4.13. The average molecular weight is 324 g/mol. The van der Waals surface area contributed by atoms with Crippen molar-refractivity contribution in [2.75, 3.05) is 13.2 Å². The summed E-state index contributed by atoms with van der Waals surface area (Å²) in [4.78, 5) is 0. The Morgan fingerprint density at radius 2 is 2.26 bits per heavy atom. The zero-order valence-electron chi connectivity index (χ0n) is 10.5. The van der Waals surface area contributed by atoms with Crippen LogP contribution in [-0.2, 0) is 17.2 Å². The van der Waals surface area contributed by atoms with Gasteiger partial charge in [0.25, 0.3) is 0 Å². The van der Waals surface area contributed by atoms with Crippen molar-refractivity contribution >= 4 is 15.9 Å². The second-order valence-electron chi connectivity index (χ2n) is 4.86. The van der Waals surface area contributed by atoms with Crippen LogP contribution >= 0.6 is 15.9 Å². The Morgan fingerprint density at radius 1 is 1.47 bits per heavy atom. The van der Waals surface area contributed by atoms with Crippen LogP contribution in [0.1, 0.15) is 17.5 Å². The Morgan fingerprint density at radius 3 is 2.79 bits per heavy atom. The van der Waals surface area contributed by atoms with Crippen molar-refractivity contribution in [3.8, 4) is 0 Å². The van der Waals surface area contributed by atoms with Crippen LogP contribution in [0.25, 0.3) is 0 Å². The van der Waals surface area contributed by atoms with Gasteiger partial charge in [0.2, 0.25) is 0 Å². The van der Waals surface area contributed by atoms with Gasteiger partial charge in [-0.2, -0.15) is 0 Å². The molecule has 1 aromatic heterocycles. The predicted molar refractivity (Wildman–Crippen MR) is 72.6 cm³/mol. The zero-order chi connectivity index (χ0) is 13.5. The molecule has 1 aliphatic heterocycles. The van der Waals surface area contributed by atoms with Gasteiger partial charge < -0.3 is 14.4 Å². The van der Waals surface area contributed by atoms with E-state index in [1.807, 2.05) is 31.3 Å². The third-order valence-electron chi connectivity index (χ3n) is 3.63. The highest BCUT2D eigenvalue weighted by atomic mass is 79.9. The number of aryl methyl sites for hydroxylation is 1. The fourth-order valence-corrected chi connectivity index (χ4v) is 2.79. The molecule has 2 aromatic rings. The van der Waals surface area contributed by atoms with E-state index in [0.717, 1.165) is 10.0 Å². The van der Waals surface area contributed by atoms with Gasteiger partial charge in [-0.1, -0.05) is 28.1 Å².